The van der Waals surface area contributed by atoms with Gasteiger partial charge in [-0.3, -0.25) is 19.7 Å². The van der Waals surface area contributed by atoms with Crippen molar-refractivity contribution in [2.45, 2.75) is 83.0 Å². The van der Waals surface area contributed by atoms with Crippen LogP contribution in [0.2, 0.25) is 0 Å². The van der Waals surface area contributed by atoms with Gasteiger partial charge in [-0.05, 0) is 55.6 Å². The van der Waals surface area contributed by atoms with Crippen LogP contribution >= 0.6 is 0 Å². The Labute approximate surface area is 260 Å². The quantitative estimate of drug-likeness (QED) is 0.0927. The normalized spacial score (nSPS) is 19.0. The SMILES string of the molecule is C[C@@H](c1ccccc1)N(C)C[C@H]1C[C@@H](c2ccc(CO)cc2)O[C@@H](c2cccc(NC(=O)CCCCCCC(=O)NO)c2)O1. The third-order valence-electron chi connectivity index (χ3n) is 8.17. The van der Waals surface area contributed by atoms with E-state index in [0.717, 1.165) is 29.5 Å². The first-order chi connectivity index (χ1) is 21.4. The molecule has 236 valence electrons. The summed E-state index contributed by atoms with van der Waals surface area (Å²) in [5.41, 5.74) is 6.26. The van der Waals surface area contributed by atoms with E-state index in [4.69, 9.17) is 14.7 Å². The number of hydrogen-bond acceptors (Lipinski definition) is 7. The molecular weight excluding hydrogens is 558 g/mol. The first kappa shape index (κ1) is 33.3. The molecule has 3 aromatic carbocycles. The monoisotopic (exact) mass is 603 g/mol. The lowest BCUT2D eigenvalue weighted by Gasteiger charge is -2.39. The Kier molecular flexibility index (Phi) is 12.9. The zero-order chi connectivity index (χ0) is 31.3. The summed E-state index contributed by atoms with van der Waals surface area (Å²) in [5, 5.41) is 21.1. The summed E-state index contributed by atoms with van der Waals surface area (Å²) in [7, 11) is 2.11. The maximum Gasteiger partial charge on any atom is 0.243 e. The van der Waals surface area contributed by atoms with E-state index >= 15 is 0 Å². The predicted molar refractivity (Wildman–Crippen MR) is 169 cm³/mol. The first-order valence-electron chi connectivity index (χ1n) is 15.4. The van der Waals surface area contributed by atoms with Gasteiger partial charge in [0.05, 0.1) is 18.8 Å². The lowest BCUT2D eigenvalue weighted by atomic mass is 9.99. The average Bonchev–Trinajstić information content (AvgIpc) is 3.06. The lowest BCUT2D eigenvalue weighted by Crippen LogP contribution is -2.38. The zero-order valence-electron chi connectivity index (χ0n) is 25.7. The zero-order valence-corrected chi connectivity index (χ0v) is 25.7. The van der Waals surface area contributed by atoms with Gasteiger partial charge in [-0.15, -0.1) is 0 Å². The van der Waals surface area contributed by atoms with Gasteiger partial charge < -0.3 is 19.9 Å². The average molecular weight is 604 g/mol. The number of aliphatic hydroxyl groups is 1. The van der Waals surface area contributed by atoms with E-state index in [0.29, 0.717) is 37.9 Å². The molecule has 1 fully saturated rings. The number of nitrogens with zero attached hydrogens (tertiary/aromatic N) is 1. The Bertz CT molecular complexity index is 1320. The highest BCUT2D eigenvalue weighted by molar-refractivity contribution is 5.90. The number of hydrogen-bond donors (Lipinski definition) is 4. The molecule has 4 N–H and O–H groups in total. The minimum absolute atomic E-state index is 0.00972. The molecule has 0 aliphatic carbocycles. The van der Waals surface area contributed by atoms with Crippen molar-refractivity contribution in [1.29, 1.82) is 0 Å². The molecule has 2 amide bonds. The minimum atomic E-state index is -0.621. The molecule has 0 radical (unpaired) electrons. The molecule has 3 aromatic rings. The minimum Gasteiger partial charge on any atom is -0.392 e. The number of carbonyl (C=O) groups excluding carboxylic acids is 2. The van der Waals surface area contributed by atoms with E-state index < -0.39 is 6.29 Å². The topological polar surface area (TPSA) is 120 Å². The summed E-state index contributed by atoms with van der Waals surface area (Å²) < 4.78 is 13.1. The maximum absolute atomic E-state index is 12.6. The molecule has 1 aliphatic rings. The van der Waals surface area contributed by atoms with Gasteiger partial charge in [0.1, 0.15) is 0 Å². The highest BCUT2D eigenvalue weighted by atomic mass is 16.7. The molecule has 0 aromatic heterocycles. The fourth-order valence-corrected chi connectivity index (χ4v) is 5.47. The largest absolute Gasteiger partial charge is 0.392 e. The van der Waals surface area contributed by atoms with Crippen LogP contribution in [0, 0.1) is 0 Å². The van der Waals surface area contributed by atoms with Crippen molar-refractivity contribution < 1.29 is 29.4 Å². The van der Waals surface area contributed by atoms with E-state index in [1.165, 1.54) is 5.56 Å². The summed E-state index contributed by atoms with van der Waals surface area (Å²) >= 11 is 0. The molecule has 9 heteroatoms. The van der Waals surface area contributed by atoms with Gasteiger partial charge in [-0.2, -0.15) is 0 Å². The number of amides is 2. The summed E-state index contributed by atoms with van der Waals surface area (Å²) in [5.74, 6) is -0.462. The molecular formula is C35H45N3O6. The first-order valence-corrected chi connectivity index (χ1v) is 15.4. The number of hydroxylamine groups is 1. The van der Waals surface area contributed by atoms with Crippen LogP contribution < -0.4 is 10.8 Å². The third kappa shape index (κ3) is 9.97. The van der Waals surface area contributed by atoms with Crippen molar-refractivity contribution in [3.8, 4) is 0 Å². The Morgan fingerprint density at radius 3 is 2.27 bits per heavy atom. The van der Waals surface area contributed by atoms with Gasteiger partial charge in [0.25, 0.3) is 0 Å². The number of rotatable bonds is 15. The molecule has 0 spiro atoms. The fourth-order valence-electron chi connectivity index (χ4n) is 5.47. The van der Waals surface area contributed by atoms with Crippen molar-refractivity contribution in [2.24, 2.45) is 0 Å². The molecule has 1 heterocycles. The Morgan fingerprint density at radius 2 is 1.59 bits per heavy atom. The predicted octanol–water partition coefficient (Wildman–Crippen LogP) is 6.20. The maximum atomic E-state index is 12.6. The standard InChI is InChI=1S/C35H45N3O6/c1-25(27-11-6-5-7-12-27)38(2)23-31-22-32(28-19-17-26(24-39)18-20-28)44-35(43-31)29-13-10-14-30(21-29)36-33(40)15-8-3-4-9-16-34(41)37-42/h5-7,10-14,17-21,25,31-32,35,39,42H,3-4,8-9,15-16,22-24H2,1-2H3,(H,36,40)(H,37,41)/t25-,31+,32-,35-/m0/s1. The summed E-state index contributed by atoms with van der Waals surface area (Å²) in [6.45, 7) is 2.89. The Balaban J connectivity index is 1.41. The van der Waals surface area contributed by atoms with E-state index in [-0.39, 0.29) is 43.1 Å². The molecule has 44 heavy (non-hydrogen) atoms. The van der Waals surface area contributed by atoms with Crippen molar-refractivity contribution in [2.75, 3.05) is 18.9 Å². The van der Waals surface area contributed by atoms with Crippen LogP contribution in [-0.2, 0) is 25.7 Å². The number of nitrogens with one attached hydrogen (secondary N) is 2. The Hall–Kier alpha value is -3.60. The van der Waals surface area contributed by atoms with E-state index in [2.05, 4.69) is 48.5 Å². The number of aliphatic hydroxyl groups excluding tert-OH is 1. The molecule has 1 aliphatic heterocycles. The number of carbonyl (C=O) groups is 2. The second-order valence-corrected chi connectivity index (χ2v) is 11.5. The van der Waals surface area contributed by atoms with Crippen LogP contribution in [0.25, 0.3) is 0 Å². The molecule has 9 nitrogen and oxygen atoms in total. The second kappa shape index (κ2) is 17.0. The number of benzene rings is 3. The number of unbranched alkanes of at least 4 members (excludes halogenated alkanes) is 3. The fraction of sp³-hybridized carbons (Fsp3) is 0.429. The molecule has 0 bridgehead atoms. The van der Waals surface area contributed by atoms with Gasteiger partial charge in [-0.1, -0.05) is 79.6 Å². The highest BCUT2D eigenvalue weighted by Crippen LogP contribution is 2.39. The van der Waals surface area contributed by atoms with Gasteiger partial charge in [0.2, 0.25) is 11.8 Å². The van der Waals surface area contributed by atoms with Crippen molar-refractivity contribution in [3.63, 3.8) is 0 Å². The molecule has 4 rings (SSSR count). The van der Waals surface area contributed by atoms with Gasteiger partial charge >= 0.3 is 0 Å². The lowest BCUT2D eigenvalue weighted by molar-refractivity contribution is -0.253. The number of ether oxygens (including phenoxy) is 2. The Morgan fingerprint density at radius 1 is 0.886 bits per heavy atom. The van der Waals surface area contributed by atoms with Crippen LogP contribution in [0.1, 0.15) is 92.6 Å². The van der Waals surface area contributed by atoms with Crippen molar-refractivity contribution in [3.05, 3.63) is 101 Å². The van der Waals surface area contributed by atoms with Crippen molar-refractivity contribution in [1.82, 2.24) is 10.4 Å². The van der Waals surface area contributed by atoms with Crippen LogP contribution in [0.5, 0.6) is 0 Å². The third-order valence-corrected chi connectivity index (χ3v) is 8.17. The van der Waals surface area contributed by atoms with Gasteiger partial charge in [0, 0.05) is 43.1 Å². The van der Waals surface area contributed by atoms with Crippen LogP contribution in [0.3, 0.4) is 0 Å². The van der Waals surface area contributed by atoms with Crippen LogP contribution in [-0.4, -0.2) is 46.7 Å². The highest BCUT2D eigenvalue weighted by Gasteiger charge is 2.33. The second-order valence-electron chi connectivity index (χ2n) is 11.5. The van der Waals surface area contributed by atoms with Crippen LogP contribution in [0.15, 0.2) is 78.9 Å². The van der Waals surface area contributed by atoms with Crippen molar-refractivity contribution >= 4 is 17.5 Å². The molecule has 0 unspecified atom stereocenters. The number of likely N-dealkylation sites (N-methyl/N-ethyl adjacent to an activating group) is 1. The summed E-state index contributed by atoms with van der Waals surface area (Å²) in [6.07, 6.45) is 3.45. The molecule has 0 saturated carbocycles. The van der Waals surface area contributed by atoms with E-state index in [1.54, 1.807) is 5.48 Å². The van der Waals surface area contributed by atoms with Crippen LogP contribution in [0.4, 0.5) is 5.69 Å². The van der Waals surface area contributed by atoms with E-state index in [9.17, 15) is 14.7 Å². The van der Waals surface area contributed by atoms with Gasteiger partial charge in [-0.25, -0.2) is 5.48 Å². The summed E-state index contributed by atoms with van der Waals surface area (Å²) in [6, 6.07) is 26.1. The molecule has 1 saturated heterocycles. The smallest absolute Gasteiger partial charge is 0.243 e. The van der Waals surface area contributed by atoms with Gasteiger partial charge in [0.15, 0.2) is 6.29 Å². The molecule has 4 atom stereocenters. The number of anilines is 1. The van der Waals surface area contributed by atoms with E-state index in [1.807, 2.05) is 54.6 Å². The summed E-state index contributed by atoms with van der Waals surface area (Å²) in [4.78, 5) is 26.0.